The fraction of sp³-hybridized carbons (Fsp3) is 0.143. The summed E-state index contributed by atoms with van der Waals surface area (Å²) in [7, 11) is 1.57. The summed E-state index contributed by atoms with van der Waals surface area (Å²) in [5, 5.41) is 0.598. The number of rotatable bonds is 4. The number of hydrogen-bond acceptors (Lipinski definition) is 3. The minimum Gasteiger partial charge on any atom is -0.496 e. The number of hydrogen-bond donors (Lipinski definition) is 1. The topological polar surface area (TPSA) is 35.2 Å². The fourth-order valence-electron chi connectivity index (χ4n) is 1.65. The molecule has 0 saturated heterocycles. The predicted molar refractivity (Wildman–Crippen MR) is 78.4 cm³/mol. The second-order valence-corrected chi connectivity index (χ2v) is 5.36. The van der Waals surface area contributed by atoms with Gasteiger partial charge in [0.25, 0.3) is 0 Å². The van der Waals surface area contributed by atoms with E-state index in [0.717, 1.165) is 10.5 Å². The maximum absolute atomic E-state index is 13.2. The molecule has 0 aliphatic rings. The van der Waals surface area contributed by atoms with E-state index < -0.39 is 0 Å². The number of methoxy groups -OCH3 is 1. The Hall–Kier alpha value is -1.39. The van der Waals surface area contributed by atoms with Gasteiger partial charge >= 0.3 is 0 Å². The van der Waals surface area contributed by atoms with E-state index in [4.69, 9.17) is 22.1 Å². The van der Waals surface area contributed by atoms with Gasteiger partial charge in [0.1, 0.15) is 11.6 Å². The third-order valence-corrected chi connectivity index (χ3v) is 4.13. The molecule has 0 fully saturated rings. The maximum atomic E-state index is 13.2. The second-order valence-electron chi connectivity index (χ2n) is 3.93. The van der Waals surface area contributed by atoms with Crippen molar-refractivity contribution in [3.63, 3.8) is 0 Å². The van der Waals surface area contributed by atoms with E-state index in [9.17, 15) is 4.39 Å². The van der Waals surface area contributed by atoms with Crippen LogP contribution in [0.4, 0.5) is 10.1 Å². The average Bonchev–Trinajstić information content (AvgIpc) is 2.38. The van der Waals surface area contributed by atoms with Gasteiger partial charge < -0.3 is 10.5 Å². The Kier molecular flexibility index (Phi) is 4.56. The van der Waals surface area contributed by atoms with Gasteiger partial charge in [-0.15, -0.1) is 11.8 Å². The minimum absolute atomic E-state index is 0.278. The van der Waals surface area contributed by atoms with Gasteiger partial charge in [0.15, 0.2) is 0 Å². The van der Waals surface area contributed by atoms with Gasteiger partial charge in [-0.1, -0.05) is 11.6 Å². The molecule has 100 valence electrons. The monoisotopic (exact) mass is 297 g/mol. The van der Waals surface area contributed by atoms with Gasteiger partial charge in [0.2, 0.25) is 0 Å². The SMILES string of the molecule is COc1ccc(F)cc1CSc1ccc(N)cc1Cl. The first-order chi connectivity index (χ1) is 9.10. The summed E-state index contributed by atoms with van der Waals surface area (Å²) in [6.45, 7) is 0. The molecule has 0 saturated carbocycles. The molecule has 19 heavy (non-hydrogen) atoms. The molecule has 0 unspecified atom stereocenters. The first-order valence-electron chi connectivity index (χ1n) is 5.60. The number of thioether (sulfide) groups is 1. The minimum atomic E-state index is -0.278. The van der Waals surface area contributed by atoms with E-state index in [1.807, 2.05) is 6.07 Å². The second kappa shape index (κ2) is 6.17. The highest BCUT2D eigenvalue weighted by atomic mass is 35.5. The van der Waals surface area contributed by atoms with Crippen LogP contribution in [-0.2, 0) is 5.75 Å². The number of halogens is 2. The van der Waals surface area contributed by atoms with Crippen LogP contribution in [0.2, 0.25) is 5.02 Å². The third-order valence-electron chi connectivity index (χ3n) is 2.58. The fourth-order valence-corrected chi connectivity index (χ4v) is 2.90. The summed E-state index contributed by atoms with van der Waals surface area (Å²) in [5.74, 6) is 0.963. The molecule has 5 heteroatoms. The molecule has 0 amide bonds. The summed E-state index contributed by atoms with van der Waals surface area (Å²) in [6.07, 6.45) is 0. The lowest BCUT2D eigenvalue weighted by molar-refractivity contribution is 0.410. The molecule has 2 aromatic rings. The maximum Gasteiger partial charge on any atom is 0.123 e. The molecule has 2 aromatic carbocycles. The van der Waals surface area contributed by atoms with Crippen molar-refractivity contribution < 1.29 is 9.13 Å². The van der Waals surface area contributed by atoms with Crippen LogP contribution in [-0.4, -0.2) is 7.11 Å². The van der Waals surface area contributed by atoms with Gasteiger partial charge in [-0.3, -0.25) is 0 Å². The summed E-state index contributed by atoms with van der Waals surface area (Å²) >= 11 is 7.61. The van der Waals surface area contributed by atoms with Crippen LogP contribution >= 0.6 is 23.4 Å². The Morgan fingerprint density at radius 2 is 2.05 bits per heavy atom. The Balaban J connectivity index is 2.16. The molecule has 2 rings (SSSR count). The van der Waals surface area contributed by atoms with Gasteiger partial charge in [0, 0.05) is 21.9 Å². The van der Waals surface area contributed by atoms with E-state index in [1.54, 1.807) is 25.3 Å². The highest BCUT2D eigenvalue weighted by Crippen LogP contribution is 2.33. The van der Waals surface area contributed by atoms with Crippen LogP contribution < -0.4 is 10.5 Å². The smallest absolute Gasteiger partial charge is 0.123 e. The van der Waals surface area contributed by atoms with E-state index in [2.05, 4.69) is 0 Å². The summed E-state index contributed by atoms with van der Waals surface area (Å²) in [6, 6.07) is 9.81. The lowest BCUT2D eigenvalue weighted by Gasteiger charge is -2.09. The molecule has 0 bridgehead atoms. The van der Waals surface area contributed by atoms with Crippen molar-refractivity contribution >= 4 is 29.1 Å². The largest absolute Gasteiger partial charge is 0.496 e. The molecular formula is C14H13ClFNOS. The van der Waals surface area contributed by atoms with Crippen LogP contribution in [0, 0.1) is 5.82 Å². The number of nitrogen functional groups attached to an aromatic ring is 1. The van der Waals surface area contributed by atoms with Crippen molar-refractivity contribution in [3.8, 4) is 5.75 Å². The molecule has 0 aliphatic heterocycles. The highest BCUT2D eigenvalue weighted by Gasteiger charge is 2.07. The Bertz CT molecular complexity index is 592. The number of nitrogens with two attached hydrogens (primary N) is 1. The van der Waals surface area contributed by atoms with Gasteiger partial charge in [-0.05, 0) is 36.4 Å². The molecular weight excluding hydrogens is 285 g/mol. The highest BCUT2D eigenvalue weighted by molar-refractivity contribution is 7.98. The summed E-state index contributed by atoms with van der Waals surface area (Å²) in [5.41, 5.74) is 7.05. The predicted octanol–water partition coefficient (Wildman–Crippen LogP) is 4.36. The van der Waals surface area contributed by atoms with E-state index in [0.29, 0.717) is 22.2 Å². The van der Waals surface area contributed by atoms with Crippen molar-refractivity contribution in [3.05, 3.63) is 52.8 Å². The zero-order valence-corrected chi connectivity index (χ0v) is 11.9. The molecule has 0 atom stereocenters. The van der Waals surface area contributed by atoms with Crippen LogP contribution in [0.25, 0.3) is 0 Å². The van der Waals surface area contributed by atoms with Crippen LogP contribution in [0.5, 0.6) is 5.75 Å². The molecule has 0 aliphatic carbocycles. The summed E-state index contributed by atoms with van der Waals surface area (Å²) in [4.78, 5) is 0.905. The molecule has 2 N–H and O–H groups in total. The molecule has 0 spiro atoms. The van der Waals surface area contributed by atoms with Crippen molar-refractivity contribution in [2.75, 3.05) is 12.8 Å². The lowest BCUT2D eigenvalue weighted by Crippen LogP contribution is -1.92. The lowest BCUT2D eigenvalue weighted by atomic mass is 10.2. The molecule has 0 radical (unpaired) electrons. The number of ether oxygens (including phenoxy) is 1. The normalized spacial score (nSPS) is 10.5. The standard InChI is InChI=1S/C14H13ClFNOS/c1-18-13-4-2-10(16)6-9(13)8-19-14-5-3-11(17)7-12(14)15/h2-7H,8,17H2,1H3. The average molecular weight is 298 g/mol. The quantitative estimate of drug-likeness (QED) is 0.672. The van der Waals surface area contributed by atoms with E-state index in [1.165, 1.54) is 23.9 Å². The van der Waals surface area contributed by atoms with Crippen molar-refractivity contribution in [2.45, 2.75) is 10.6 Å². The Morgan fingerprint density at radius 1 is 1.26 bits per heavy atom. The van der Waals surface area contributed by atoms with Crippen LogP contribution in [0.15, 0.2) is 41.3 Å². The van der Waals surface area contributed by atoms with Gasteiger partial charge in [-0.2, -0.15) is 0 Å². The van der Waals surface area contributed by atoms with E-state index in [-0.39, 0.29) is 5.82 Å². The van der Waals surface area contributed by atoms with Crippen molar-refractivity contribution in [2.24, 2.45) is 0 Å². The van der Waals surface area contributed by atoms with Crippen LogP contribution in [0.3, 0.4) is 0 Å². The zero-order valence-electron chi connectivity index (χ0n) is 10.3. The first-order valence-corrected chi connectivity index (χ1v) is 6.96. The van der Waals surface area contributed by atoms with Crippen molar-refractivity contribution in [1.82, 2.24) is 0 Å². The van der Waals surface area contributed by atoms with Crippen molar-refractivity contribution in [1.29, 1.82) is 0 Å². The van der Waals surface area contributed by atoms with E-state index >= 15 is 0 Å². The van der Waals surface area contributed by atoms with Gasteiger partial charge in [0.05, 0.1) is 12.1 Å². The first kappa shape index (κ1) is 14.0. The Morgan fingerprint density at radius 3 is 2.74 bits per heavy atom. The third kappa shape index (κ3) is 3.55. The molecule has 0 heterocycles. The Labute approximate surface area is 120 Å². The number of anilines is 1. The molecule has 2 nitrogen and oxygen atoms in total. The van der Waals surface area contributed by atoms with Crippen LogP contribution in [0.1, 0.15) is 5.56 Å². The van der Waals surface area contributed by atoms with Gasteiger partial charge in [-0.25, -0.2) is 4.39 Å². The number of benzene rings is 2. The summed E-state index contributed by atoms with van der Waals surface area (Å²) < 4.78 is 18.4. The zero-order chi connectivity index (χ0) is 13.8. The molecule has 0 aromatic heterocycles.